The largest absolute Gasteiger partial charge is 0.379 e. The average molecular weight is 478 g/mol. The fourth-order valence-corrected chi connectivity index (χ4v) is 4.99. The van der Waals surface area contributed by atoms with Crippen molar-refractivity contribution in [2.45, 2.75) is 40.2 Å². The summed E-state index contributed by atoms with van der Waals surface area (Å²) in [6, 6.07) is 8.22. The summed E-state index contributed by atoms with van der Waals surface area (Å²) in [6.45, 7) is 13.1. The lowest BCUT2D eigenvalue weighted by atomic mass is 10.2. The van der Waals surface area contributed by atoms with E-state index >= 15 is 0 Å². The highest BCUT2D eigenvalue weighted by molar-refractivity contribution is 7.22. The van der Waals surface area contributed by atoms with E-state index in [-0.39, 0.29) is 24.4 Å². The number of carbonyl (C=O) groups is 1. The van der Waals surface area contributed by atoms with Crippen molar-refractivity contribution in [2.75, 3.05) is 44.3 Å². The molecule has 2 aromatic heterocycles. The van der Waals surface area contributed by atoms with Crippen LogP contribution in [0.4, 0.5) is 5.13 Å². The Hall–Kier alpha value is -2.00. The lowest BCUT2D eigenvalue weighted by molar-refractivity contribution is 0.0376. The van der Waals surface area contributed by atoms with Crippen LogP contribution in [0.25, 0.3) is 10.2 Å². The van der Waals surface area contributed by atoms with E-state index in [2.05, 4.69) is 29.1 Å². The molecule has 7 nitrogen and oxygen atoms in total. The molecule has 1 fully saturated rings. The lowest BCUT2D eigenvalue weighted by Gasteiger charge is -2.28. The van der Waals surface area contributed by atoms with Crippen LogP contribution in [0, 0.1) is 13.8 Å². The third-order valence-corrected chi connectivity index (χ3v) is 6.58. The first-order chi connectivity index (χ1) is 14.9. The topological polar surface area (TPSA) is 63.5 Å². The van der Waals surface area contributed by atoms with Crippen LogP contribution < -0.4 is 4.90 Å². The van der Waals surface area contributed by atoms with Gasteiger partial charge in [-0.2, -0.15) is 5.10 Å². The molecule has 1 aliphatic rings. The summed E-state index contributed by atoms with van der Waals surface area (Å²) in [5.74, 6) is -0.0351. The lowest BCUT2D eigenvalue weighted by Crippen LogP contribution is -2.39. The van der Waals surface area contributed by atoms with Gasteiger partial charge in [-0.15, -0.1) is 12.4 Å². The zero-order chi connectivity index (χ0) is 22.0. The minimum atomic E-state index is -0.0351. The zero-order valence-electron chi connectivity index (χ0n) is 19.2. The van der Waals surface area contributed by atoms with Crippen molar-refractivity contribution >= 4 is 45.0 Å². The summed E-state index contributed by atoms with van der Waals surface area (Å²) in [6.07, 6.45) is 0.884. The first kappa shape index (κ1) is 24.6. The first-order valence-corrected chi connectivity index (χ1v) is 11.8. The van der Waals surface area contributed by atoms with Crippen LogP contribution in [-0.2, 0) is 4.74 Å². The second kappa shape index (κ2) is 10.7. The van der Waals surface area contributed by atoms with Crippen molar-refractivity contribution < 1.29 is 9.53 Å². The maximum absolute atomic E-state index is 13.7. The van der Waals surface area contributed by atoms with Crippen LogP contribution in [0.3, 0.4) is 0 Å². The summed E-state index contributed by atoms with van der Waals surface area (Å²) in [5.41, 5.74) is 3.60. The van der Waals surface area contributed by atoms with E-state index in [0.717, 1.165) is 60.3 Å². The first-order valence-electron chi connectivity index (χ1n) is 11.0. The molecular formula is C23H32ClN5O2S. The van der Waals surface area contributed by atoms with Gasteiger partial charge in [0.05, 0.1) is 29.1 Å². The molecule has 0 radical (unpaired) electrons. The van der Waals surface area contributed by atoms with Gasteiger partial charge in [-0.1, -0.05) is 17.4 Å². The maximum Gasteiger partial charge on any atom is 0.278 e. The minimum Gasteiger partial charge on any atom is -0.379 e. The highest BCUT2D eigenvalue weighted by Crippen LogP contribution is 2.31. The van der Waals surface area contributed by atoms with Crippen molar-refractivity contribution in [3.63, 3.8) is 0 Å². The molecule has 0 N–H and O–H groups in total. The molecule has 1 aromatic carbocycles. The molecule has 0 aliphatic carbocycles. The fourth-order valence-electron chi connectivity index (χ4n) is 3.90. The van der Waals surface area contributed by atoms with Gasteiger partial charge in [0.2, 0.25) is 0 Å². The quantitative estimate of drug-likeness (QED) is 0.502. The summed E-state index contributed by atoms with van der Waals surface area (Å²) < 4.78 is 8.38. The molecule has 0 bridgehead atoms. The predicted molar refractivity (Wildman–Crippen MR) is 133 cm³/mol. The molecule has 174 valence electrons. The average Bonchev–Trinajstić information content (AvgIpc) is 3.34. The molecule has 1 amide bonds. The number of carbonyl (C=O) groups excluding carboxylic acids is 1. The number of fused-ring (bicyclic) bond motifs is 1. The smallest absolute Gasteiger partial charge is 0.278 e. The van der Waals surface area contributed by atoms with Crippen molar-refractivity contribution in [1.82, 2.24) is 19.7 Å². The summed E-state index contributed by atoms with van der Waals surface area (Å²) in [4.78, 5) is 22.8. The zero-order valence-corrected chi connectivity index (χ0v) is 20.8. The van der Waals surface area contributed by atoms with E-state index in [4.69, 9.17) is 9.72 Å². The van der Waals surface area contributed by atoms with Crippen LogP contribution >= 0.6 is 23.7 Å². The molecule has 32 heavy (non-hydrogen) atoms. The molecule has 3 heterocycles. The van der Waals surface area contributed by atoms with Gasteiger partial charge < -0.3 is 4.74 Å². The van der Waals surface area contributed by atoms with E-state index in [1.54, 1.807) is 11.3 Å². The van der Waals surface area contributed by atoms with Crippen molar-refractivity contribution in [3.8, 4) is 0 Å². The third-order valence-electron chi connectivity index (χ3n) is 5.53. The molecule has 0 spiro atoms. The number of nitrogens with zero attached hydrogens (tertiary/aromatic N) is 5. The normalized spacial score (nSPS) is 14.7. The number of benzene rings is 1. The van der Waals surface area contributed by atoms with Crippen molar-refractivity contribution in [1.29, 1.82) is 0 Å². The van der Waals surface area contributed by atoms with Gasteiger partial charge in [0.25, 0.3) is 5.91 Å². The Morgan fingerprint density at radius 1 is 1.22 bits per heavy atom. The van der Waals surface area contributed by atoms with Gasteiger partial charge in [-0.05, 0) is 57.9 Å². The Bertz CT molecular complexity index is 1060. The van der Waals surface area contributed by atoms with Gasteiger partial charge in [-0.3, -0.25) is 19.3 Å². The molecule has 1 aliphatic heterocycles. The Morgan fingerprint density at radius 2 is 1.97 bits per heavy atom. The molecule has 0 unspecified atom stereocenters. The Kier molecular flexibility index (Phi) is 8.27. The van der Waals surface area contributed by atoms with Crippen molar-refractivity contribution in [2.24, 2.45) is 0 Å². The van der Waals surface area contributed by atoms with Crippen LogP contribution in [0.2, 0.25) is 0 Å². The van der Waals surface area contributed by atoms with Crippen LogP contribution in [0.1, 0.15) is 48.1 Å². The molecule has 0 saturated carbocycles. The van der Waals surface area contributed by atoms with E-state index in [0.29, 0.717) is 12.2 Å². The molecule has 4 rings (SSSR count). The van der Waals surface area contributed by atoms with Crippen LogP contribution in [-0.4, -0.2) is 65.0 Å². The van der Waals surface area contributed by atoms with Crippen LogP contribution in [0.5, 0.6) is 0 Å². The number of morpholine rings is 1. The number of thiazole rings is 1. The van der Waals surface area contributed by atoms with E-state index in [9.17, 15) is 4.79 Å². The summed E-state index contributed by atoms with van der Waals surface area (Å²) in [5, 5.41) is 5.30. The third kappa shape index (κ3) is 5.49. The second-order valence-electron chi connectivity index (χ2n) is 8.44. The number of hydrogen-bond donors (Lipinski definition) is 0. The van der Waals surface area contributed by atoms with Crippen LogP contribution in [0.15, 0.2) is 24.3 Å². The fraction of sp³-hybridized carbons (Fsp3) is 0.522. The van der Waals surface area contributed by atoms with Gasteiger partial charge in [0, 0.05) is 32.2 Å². The summed E-state index contributed by atoms with van der Waals surface area (Å²) in [7, 11) is 0. The van der Waals surface area contributed by atoms with Gasteiger partial charge in [0.15, 0.2) is 5.13 Å². The molecule has 3 aromatic rings. The van der Waals surface area contributed by atoms with Crippen molar-refractivity contribution in [3.05, 3.63) is 41.2 Å². The SMILES string of the molecule is Cc1ccc2nc(N(CCCN3CCOCC3)C(=O)c3cc(C)nn3C(C)C)sc2c1.Cl. The highest BCUT2D eigenvalue weighted by Gasteiger charge is 2.26. The second-order valence-corrected chi connectivity index (χ2v) is 9.45. The van der Waals surface area contributed by atoms with E-state index < -0.39 is 0 Å². The number of halogens is 1. The Morgan fingerprint density at radius 3 is 2.69 bits per heavy atom. The van der Waals surface area contributed by atoms with Gasteiger partial charge >= 0.3 is 0 Å². The Balaban J connectivity index is 0.00000289. The van der Waals surface area contributed by atoms with E-state index in [1.807, 2.05) is 42.5 Å². The number of amides is 1. The molecule has 9 heteroatoms. The highest BCUT2D eigenvalue weighted by atomic mass is 35.5. The number of hydrogen-bond acceptors (Lipinski definition) is 6. The minimum absolute atomic E-state index is 0. The van der Waals surface area contributed by atoms with Gasteiger partial charge in [0.1, 0.15) is 5.69 Å². The predicted octanol–water partition coefficient (Wildman–Crippen LogP) is 4.48. The monoisotopic (exact) mass is 477 g/mol. The molecular weight excluding hydrogens is 446 g/mol. The number of rotatable bonds is 7. The Labute approximate surface area is 199 Å². The maximum atomic E-state index is 13.7. The number of anilines is 1. The number of ether oxygens (including phenoxy) is 1. The van der Waals surface area contributed by atoms with E-state index in [1.165, 1.54) is 5.56 Å². The number of aromatic nitrogens is 3. The summed E-state index contributed by atoms with van der Waals surface area (Å²) >= 11 is 1.58. The molecule has 0 atom stereocenters. The molecule has 1 saturated heterocycles. The number of aryl methyl sites for hydroxylation is 2. The van der Waals surface area contributed by atoms with Gasteiger partial charge in [-0.25, -0.2) is 4.98 Å². The standard InChI is InChI=1S/C23H31N5O2S.ClH/c1-16(2)28-20(15-18(4)25-28)22(29)27(9-5-8-26-10-12-30-13-11-26)23-24-19-7-6-17(3)14-21(19)31-23;/h6-7,14-16H,5,8-13H2,1-4H3;1H.